The second-order valence-electron chi connectivity index (χ2n) is 7.97. The Morgan fingerprint density at radius 2 is 1.97 bits per heavy atom. The Labute approximate surface area is 173 Å². The van der Waals surface area contributed by atoms with E-state index in [0.29, 0.717) is 24.7 Å². The molecule has 1 aromatic carbocycles. The number of unbranched alkanes of at least 4 members (excludes halogenated alkanes) is 1. The van der Waals surface area contributed by atoms with Crippen LogP contribution in [0.5, 0.6) is 11.8 Å². The van der Waals surface area contributed by atoms with Gasteiger partial charge in [0.2, 0.25) is 0 Å². The van der Waals surface area contributed by atoms with E-state index in [1.807, 2.05) is 4.57 Å². The minimum absolute atomic E-state index is 0.166. The van der Waals surface area contributed by atoms with Crippen LogP contribution in [0.2, 0.25) is 0 Å². The SMILES string of the molecule is CCCCc1c(C(N)=O)nc2n1C[C@@H](COc1ccc(C(C)(C)C(F)(F)F)cc1)O2. The third-order valence-corrected chi connectivity index (χ3v) is 5.42. The van der Waals surface area contributed by atoms with Crippen molar-refractivity contribution in [1.29, 1.82) is 0 Å². The Morgan fingerprint density at radius 3 is 2.53 bits per heavy atom. The quantitative estimate of drug-likeness (QED) is 0.693. The van der Waals surface area contributed by atoms with Gasteiger partial charge in [0, 0.05) is 0 Å². The number of amides is 1. The van der Waals surface area contributed by atoms with Crippen molar-refractivity contribution in [2.24, 2.45) is 5.73 Å². The predicted octanol–water partition coefficient (Wildman–Crippen LogP) is 4.00. The van der Waals surface area contributed by atoms with E-state index in [2.05, 4.69) is 11.9 Å². The lowest BCUT2D eigenvalue weighted by atomic mass is 9.84. The van der Waals surface area contributed by atoms with Gasteiger partial charge in [-0.15, -0.1) is 0 Å². The maximum Gasteiger partial charge on any atom is 0.397 e. The van der Waals surface area contributed by atoms with Crippen LogP contribution in [0.1, 0.15) is 55.4 Å². The number of benzene rings is 1. The maximum atomic E-state index is 13.2. The van der Waals surface area contributed by atoms with Crippen molar-refractivity contribution in [3.63, 3.8) is 0 Å². The van der Waals surface area contributed by atoms with Crippen molar-refractivity contribution in [3.05, 3.63) is 41.2 Å². The average molecular weight is 425 g/mol. The lowest BCUT2D eigenvalue weighted by Crippen LogP contribution is -2.36. The first kappa shape index (κ1) is 22.0. The van der Waals surface area contributed by atoms with Crippen LogP contribution in [0.15, 0.2) is 24.3 Å². The van der Waals surface area contributed by atoms with Gasteiger partial charge in [0.05, 0.1) is 17.7 Å². The van der Waals surface area contributed by atoms with Crippen molar-refractivity contribution in [2.45, 2.75) is 64.3 Å². The van der Waals surface area contributed by atoms with E-state index in [-0.39, 0.29) is 24.0 Å². The van der Waals surface area contributed by atoms with Crippen LogP contribution in [0.4, 0.5) is 13.2 Å². The highest BCUT2D eigenvalue weighted by Gasteiger charge is 2.48. The van der Waals surface area contributed by atoms with Gasteiger partial charge in [-0.1, -0.05) is 25.5 Å². The monoisotopic (exact) mass is 425 g/mol. The van der Waals surface area contributed by atoms with E-state index >= 15 is 0 Å². The lowest BCUT2D eigenvalue weighted by Gasteiger charge is -2.28. The molecule has 0 saturated carbocycles. The number of halogens is 3. The number of nitrogens with two attached hydrogens (primary N) is 1. The number of hydrogen-bond donors (Lipinski definition) is 1. The largest absolute Gasteiger partial charge is 0.490 e. The first-order chi connectivity index (χ1) is 14.0. The van der Waals surface area contributed by atoms with Crippen molar-refractivity contribution < 1.29 is 27.4 Å². The molecule has 1 aliphatic heterocycles. The van der Waals surface area contributed by atoms with E-state index in [0.717, 1.165) is 32.4 Å². The third kappa shape index (κ3) is 4.24. The summed E-state index contributed by atoms with van der Waals surface area (Å²) >= 11 is 0. The Hall–Kier alpha value is -2.71. The summed E-state index contributed by atoms with van der Waals surface area (Å²) in [5.74, 6) is -0.129. The van der Waals surface area contributed by atoms with Gasteiger partial charge in [0.1, 0.15) is 12.4 Å². The summed E-state index contributed by atoms with van der Waals surface area (Å²) in [6.07, 6.45) is -2.12. The van der Waals surface area contributed by atoms with E-state index in [4.69, 9.17) is 15.2 Å². The molecule has 0 spiro atoms. The number of ether oxygens (including phenoxy) is 2. The molecule has 0 bridgehead atoms. The van der Waals surface area contributed by atoms with Gasteiger partial charge < -0.3 is 15.2 Å². The molecule has 1 atom stereocenters. The number of primary amides is 1. The number of nitrogens with zero attached hydrogens (tertiary/aromatic N) is 2. The molecule has 0 radical (unpaired) electrons. The normalized spacial score (nSPS) is 16.3. The molecule has 1 aliphatic rings. The number of aromatic nitrogens is 2. The first-order valence-corrected chi connectivity index (χ1v) is 9.90. The predicted molar refractivity (Wildman–Crippen MR) is 105 cm³/mol. The Kier molecular flexibility index (Phi) is 6.01. The smallest absolute Gasteiger partial charge is 0.397 e. The topological polar surface area (TPSA) is 79.4 Å². The molecule has 2 N–H and O–H groups in total. The third-order valence-electron chi connectivity index (χ3n) is 5.42. The van der Waals surface area contributed by atoms with Gasteiger partial charge in [-0.05, 0) is 44.4 Å². The van der Waals surface area contributed by atoms with Crippen LogP contribution in [-0.2, 0) is 18.4 Å². The zero-order valence-corrected chi connectivity index (χ0v) is 17.3. The summed E-state index contributed by atoms with van der Waals surface area (Å²) in [7, 11) is 0. The van der Waals surface area contributed by atoms with Crippen molar-refractivity contribution in [2.75, 3.05) is 6.61 Å². The van der Waals surface area contributed by atoms with Gasteiger partial charge >= 0.3 is 6.18 Å². The fourth-order valence-corrected chi connectivity index (χ4v) is 3.33. The summed E-state index contributed by atoms with van der Waals surface area (Å²) in [6, 6.07) is 6.23. The van der Waals surface area contributed by atoms with Crippen LogP contribution in [0.25, 0.3) is 0 Å². The zero-order valence-electron chi connectivity index (χ0n) is 17.3. The fraction of sp³-hybridized carbons (Fsp3) is 0.524. The highest BCUT2D eigenvalue weighted by molar-refractivity contribution is 5.92. The molecule has 1 aromatic heterocycles. The van der Waals surface area contributed by atoms with Crippen LogP contribution in [-0.4, -0.2) is 34.3 Å². The number of fused-ring (bicyclic) bond motifs is 1. The first-order valence-electron chi connectivity index (χ1n) is 9.90. The molecular weight excluding hydrogens is 399 g/mol. The standard InChI is InChI=1S/C21H26F3N3O3/c1-4-5-6-16-17(18(25)28)26-19-27(16)11-15(30-19)12-29-14-9-7-13(8-10-14)20(2,3)21(22,23)24/h7-10,15H,4-6,11-12H2,1-3H3,(H2,25,28)/t15-/m0/s1. The van der Waals surface area contributed by atoms with Gasteiger partial charge in [-0.25, -0.2) is 0 Å². The molecule has 30 heavy (non-hydrogen) atoms. The Balaban J connectivity index is 1.63. The van der Waals surface area contributed by atoms with Crippen LogP contribution < -0.4 is 15.2 Å². The minimum Gasteiger partial charge on any atom is -0.490 e. The van der Waals surface area contributed by atoms with E-state index in [9.17, 15) is 18.0 Å². The van der Waals surface area contributed by atoms with Crippen molar-refractivity contribution in [3.8, 4) is 11.8 Å². The molecule has 2 aromatic rings. The van der Waals surface area contributed by atoms with Crippen LogP contribution in [0, 0.1) is 0 Å². The Morgan fingerprint density at radius 1 is 1.30 bits per heavy atom. The van der Waals surface area contributed by atoms with Gasteiger partial charge in [-0.2, -0.15) is 18.2 Å². The fourth-order valence-electron chi connectivity index (χ4n) is 3.33. The van der Waals surface area contributed by atoms with E-state index in [1.54, 1.807) is 0 Å². The van der Waals surface area contributed by atoms with Crippen molar-refractivity contribution in [1.82, 2.24) is 9.55 Å². The number of carbonyl (C=O) groups is 1. The molecule has 0 saturated heterocycles. The Bertz CT molecular complexity index is 905. The average Bonchev–Trinajstić information content (AvgIpc) is 3.22. The van der Waals surface area contributed by atoms with E-state index in [1.165, 1.54) is 24.3 Å². The van der Waals surface area contributed by atoms with Gasteiger partial charge in [-0.3, -0.25) is 9.36 Å². The number of imidazole rings is 1. The zero-order chi connectivity index (χ0) is 22.1. The van der Waals surface area contributed by atoms with Crippen molar-refractivity contribution >= 4 is 5.91 Å². The molecule has 1 amide bonds. The second-order valence-corrected chi connectivity index (χ2v) is 7.97. The molecule has 3 rings (SSSR count). The highest BCUT2D eigenvalue weighted by Crippen LogP contribution is 2.40. The molecule has 164 valence electrons. The highest BCUT2D eigenvalue weighted by atomic mass is 19.4. The molecule has 6 nitrogen and oxygen atoms in total. The summed E-state index contributed by atoms with van der Waals surface area (Å²) in [4.78, 5) is 15.9. The summed E-state index contributed by atoms with van der Waals surface area (Å²) in [5.41, 5.74) is 4.65. The van der Waals surface area contributed by atoms with E-state index < -0.39 is 17.5 Å². The summed E-state index contributed by atoms with van der Waals surface area (Å²) in [6.45, 7) is 5.01. The van der Waals surface area contributed by atoms with Gasteiger partial charge in [0.25, 0.3) is 11.9 Å². The molecule has 0 fully saturated rings. The number of hydrogen-bond acceptors (Lipinski definition) is 4. The summed E-state index contributed by atoms with van der Waals surface area (Å²) in [5, 5.41) is 0. The lowest BCUT2D eigenvalue weighted by molar-refractivity contribution is -0.180. The van der Waals surface area contributed by atoms with Gasteiger partial charge in [0.15, 0.2) is 11.8 Å². The summed E-state index contributed by atoms with van der Waals surface area (Å²) < 4.78 is 52.8. The van der Waals surface area contributed by atoms with Crippen LogP contribution >= 0.6 is 0 Å². The molecule has 2 heterocycles. The molecule has 0 unspecified atom stereocenters. The molecule has 0 aliphatic carbocycles. The maximum absolute atomic E-state index is 13.2. The number of carbonyl (C=O) groups excluding carboxylic acids is 1. The molecule has 9 heteroatoms. The number of alkyl halides is 3. The number of rotatable bonds is 8. The molecular formula is C21H26F3N3O3. The van der Waals surface area contributed by atoms with Crippen LogP contribution in [0.3, 0.4) is 0 Å². The minimum atomic E-state index is -4.34. The second kappa shape index (κ2) is 8.20.